The molecule has 0 aromatic rings. The fraction of sp³-hybridized carbons (Fsp3) is 0.533. The van der Waals surface area contributed by atoms with Crippen molar-refractivity contribution in [2.45, 2.75) is 40.0 Å². The van der Waals surface area contributed by atoms with E-state index in [-0.39, 0.29) is 17.8 Å². The Kier molecular flexibility index (Phi) is 4.88. The van der Waals surface area contributed by atoms with Crippen LogP contribution in [-0.2, 0) is 4.79 Å². The summed E-state index contributed by atoms with van der Waals surface area (Å²) in [5.41, 5.74) is 1.81. The van der Waals surface area contributed by atoms with Gasteiger partial charge in [-0.3, -0.25) is 4.79 Å². The molecule has 2 nitrogen and oxygen atoms in total. The van der Waals surface area contributed by atoms with E-state index in [4.69, 9.17) is 0 Å². The second kappa shape index (κ2) is 5.97. The molecular weight excluding hydrogens is 212 g/mol. The largest absolute Gasteiger partial charge is 0.392 e. The van der Waals surface area contributed by atoms with Gasteiger partial charge in [-0.1, -0.05) is 32.1 Å². The Hall–Kier alpha value is -1.15. The number of hydrogen-bond donors (Lipinski definition) is 1. The first kappa shape index (κ1) is 13.9. The standard InChI is InChI=1S/C15H22O2/c1-12-5-4-6-13(11-16)7-9-15(2,3)10-8-14(12)17/h5,7-8,10,16H,4,6,9,11H2,1-3H3. The van der Waals surface area contributed by atoms with Gasteiger partial charge in [0.25, 0.3) is 0 Å². The number of carbonyl (C=O) groups excluding carboxylic acids is 1. The monoisotopic (exact) mass is 234 g/mol. The van der Waals surface area contributed by atoms with Crippen LogP contribution in [0.5, 0.6) is 0 Å². The van der Waals surface area contributed by atoms with Gasteiger partial charge in [-0.25, -0.2) is 0 Å². The lowest BCUT2D eigenvalue weighted by Crippen LogP contribution is -2.07. The average molecular weight is 234 g/mol. The molecule has 1 N–H and O–H groups in total. The molecule has 0 saturated carbocycles. The third kappa shape index (κ3) is 4.70. The highest BCUT2D eigenvalue weighted by atomic mass is 16.3. The molecule has 0 aromatic carbocycles. The van der Waals surface area contributed by atoms with Crippen LogP contribution in [0.4, 0.5) is 0 Å². The molecule has 0 amide bonds. The van der Waals surface area contributed by atoms with Crippen molar-refractivity contribution in [1.82, 2.24) is 0 Å². The molecule has 0 fully saturated rings. The lowest BCUT2D eigenvalue weighted by molar-refractivity contribution is -0.111. The molecule has 0 atom stereocenters. The first-order valence-electron chi connectivity index (χ1n) is 6.14. The SMILES string of the molecule is CC1=CCCC(CO)=CCC(C)(C)C=CC1=O. The van der Waals surface area contributed by atoms with Crippen molar-refractivity contribution in [3.8, 4) is 0 Å². The fourth-order valence-corrected chi connectivity index (χ4v) is 1.73. The van der Waals surface area contributed by atoms with Gasteiger partial charge in [-0.05, 0) is 48.8 Å². The zero-order valence-corrected chi connectivity index (χ0v) is 11.0. The molecule has 0 heterocycles. The molecule has 1 rings (SSSR count). The van der Waals surface area contributed by atoms with Crippen molar-refractivity contribution in [2.75, 3.05) is 6.61 Å². The van der Waals surface area contributed by atoms with E-state index in [0.29, 0.717) is 0 Å². The molecule has 17 heavy (non-hydrogen) atoms. The van der Waals surface area contributed by atoms with Crippen LogP contribution in [0.1, 0.15) is 40.0 Å². The lowest BCUT2D eigenvalue weighted by atomic mass is 9.87. The van der Waals surface area contributed by atoms with Crippen molar-refractivity contribution in [3.05, 3.63) is 35.5 Å². The first-order valence-corrected chi connectivity index (χ1v) is 6.14. The zero-order chi connectivity index (χ0) is 12.9. The van der Waals surface area contributed by atoms with E-state index >= 15 is 0 Å². The molecule has 0 aliphatic heterocycles. The molecule has 0 aromatic heterocycles. The summed E-state index contributed by atoms with van der Waals surface area (Å²) in [6.45, 7) is 6.15. The topological polar surface area (TPSA) is 37.3 Å². The predicted octanol–water partition coefficient (Wildman–Crippen LogP) is 3.19. The van der Waals surface area contributed by atoms with Gasteiger partial charge in [-0.15, -0.1) is 0 Å². The van der Waals surface area contributed by atoms with Gasteiger partial charge in [-0.2, -0.15) is 0 Å². The molecular formula is C15H22O2. The summed E-state index contributed by atoms with van der Waals surface area (Å²) in [4.78, 5) is 11.8. The van der Waals surface area contributed by atoms with E-state index in [1.165, 1.54) is 0 Å². The second-order valence-electron chi connectivity index (χ2n) is 5.34. The van der Waals surface area contributed by atoms with Gasteiger partial charge in [0.15, 0.2) is 5.78 Å². The quantitative estimate of drug-likeness (QED) is 0.707. The Morgan fingerprint density at radius 3 is 2.71 bits per heavy atom. The van der Waals surface area contributed by atoms with Crippen molar-refractivity contribution in [3.63, 3.8) is 0 Å². The average Bonchev–Trinajstić information content (AvgIpc) is 2.31. The van der Waals surface area contributed by atoms with Gasteiger partial charge in [0.05, 0.1) is 6.61 Å². The van der Waals surface area contributed by atoms with Crippen LogP contribution in [0, 0.1) is 5.41 Å². The number of aliphatic hydroxyl groups excluding tert-OH is 1. The molecule has 0 saturated heterocycles. The van der Waals surface area contributed by atoms with Crippen LogP contribution < -0.4 is 0 Å². The minimum absolute atomic E-state index is 0.0410. The molecule has 0 spiro atoms. The third-order valence-electron chi connectivity index (χ3n) is 3.11. The van der Waals surface area contributed by atoms with Crippen LogP contribution in [0.15, 0.2) is 35.5 Å². The van der Waals surface area contributed by atoms with Gasteiger partial charge in [0.2, 0.25) is 0 Å². The van der Waals surface area contributed by atoms with E-state index in [2.05, 4.69) is 19.9 Å². The summed E-state index contributed by atoms with van der Waals surface area (Å²) in [7, 11) is 0. The second-order valence-corrected chi connectivity index (χ2v) is 5.34. The Morgan fingerprint density at radius 2 is 2.06 bits per heavy atom. The minimum Gasteiger partial charge on any atom is -0.392 e. The van der Waals surface area contributed by atoms with Gasteiger partial charge in [0, 0.05) is 0 Å². The summed E-state index contributed by atoms with van der Waals surface area (Å²) in [6, 6.07) is 0. The summed E-state index contributed by atoms with van der Waals surface area (Å²) in [5.74, 6) is 0.0884. The van der Waals surface area contributed by atoms with Crippen molar-refractivity contribution < 1.29 is 9.90 Å². The molecule has 0 bridgehead atoms. The number of aliphatic hydroxyl groups is 1. The Labute approximate surface area is 104 Å². The van der Waals surface area contributed by atoms with Crippen molar-refractivity contribution in [1.29, 1.82) is 0 Å². The minimum atomic E-state index is -0.0410. The molecule has 1 aliphatic rings. The van der Waals surface area contributed by atoms with E-state index in [1.807, 2.05) is 19.1 Å². The van der Waals surface area contributed by atoms with E-state index in [0.717, 1.165) is 30.4 Å². The highest BCUT2D eigenvalue weighted by Gasteiger charge is 2.14. The van der Waals surface area contributed by atoms with Gasteiger partial charge in [0.1, 0.15) is 0 Å². The molecule has 94 valence electrons. The molecule has 1 aliphatic carbocycles. The highest BCUT2D eigenvalue weighted by Crippen LogP contribution is 2.25. The van der Waals surface area contributed by atoms with Crippen LogP contribution in [0.3, 0.4) is 0 Å². The summed E-state index contributed by atoms with van der Waals surface area (Å²) in [5, 5.41) is 9.25. The fourth-order valence-electron chi connectivity index (χ4n) is 1.73. The predicted molar refractivity (Wildman–Crippen MR) is 70.7 cm³/mol. The molecule has 0 radical (unpaired) electrons. The molecule has 0 unspecified atom stereocenters. The normalized spacial score (nSPS) is 21.5. The number of rotatable bonds is 1. The number of carbonyl (C=O) groups is 1. The Morgan fingerprint density at radius 1 is 1.35 bits per heavy atom. The number of hydrogen-bond acceptors (Lipinski definition) is 2. The van der Waals surface area contributed by atoms with Crippen LogP contribution in [0.25, 0.3) is 0 Å². The van der Waals surface area contributed by atoms with E-state index in [1.54, 1.807) is 6.08 Å². The van der Waals surface area contributed by atoms with Crippen LogP contribution >= 0.6 is 0 Å². The summed E-state index contributed by atoms with van der Waals surface area (Å²) >= 11 is 0. The maximum Gasteiger partial charge on any atom is 0.180 e. The van der Waals surface area contributed by atoms with Crippen molar-refractivity contribution in [2.24, 2.45) is 5.41 Å². The molecule has 2 heteroatoms. The maximum absolute atomic E-state index is 11.8. The van der Waals surface area contributed by atoms with Gasteiger partial charge < -0.3 is 5.11 Å². The Bertz CT molecular complexity index is 370. The number of allylic oxidation sites excluding steroid dienone is 5. The lowest BCUT2D eigenvalue weighted by Gasteiger charge is -2.18. The van der Waals surface area contributed by atoms with E-state index in [9.17, 15) is 9.90 Å². The van der Waals surface area contributed by atoms with Crippen LogP contribution in [-0.4, -0.2) is 17.5 Å². The number of ketones is 1. The highest BCUT2D eigenvalue weighted by molar-refractivity contribution is 6.03. The zero-order valence-electron chi connectivity index (χ0n) is 11.0. The Balaban J connectivity index is 2.97. The summed E-state index contributed by atoms with van der Waals surface area (Å²) < 4.78 is 0. The van der Waals surface area contributed by atoms with Crippen molar-refractivity contribution >= 4 is 5.78 Å². The van der Waals surface area contributed by atoms with Crippen LogP contribution in [0.2, 0.25) is 0 Å². The van der Waals surface area contributed by atoms with E-state index < -0.39 is 0 Å². The van der Waals surface area contributed by atoms with Gasteiger partial charge >= 0.3 is 0 Å². The third-order valence-corrected chi connectivity index (χ3v) is 3.11. The first-order chi connectivity index (χ1) is 7.94. The summed E-state index contributed by atoms with van der Waals surface area (Å²) in [6.07, 6.45) is 10.2. The maximum atomic E-state index is 11.8. The smallest absolute Gasteiger partial charge is 0.180 e.